The third-order valence-electron chi connectivity index (χ3n) is 5.28. The van der Waals surface area contributed by atoms with Gasteiger partial charge < -0.3 is 9.84 Å². The summed E-state index contributed by atoms with van der Waals surface area (Å²) in [6, 6.07) is 15.9. The molecule has 3 rings (SSSR count). The quantitative estimate of drug-likeness (QED) is 0.710. The van der Waals surface area contributed by atoms with E-state index in [0.29, 0.717) is 0 Å². The molecule has 25 heavy (non-hydrogen) atoms. The highest BCUT2D eigenvalue weighted by Gasteiger charge is 2.18. The SMILES string of the molecule is C=C1CCCC(CCc2cc(C(O)c3ccccc3)ccc2OC)C1. The van der Waals surface area contributed by atoms with E-state index < -0.39 is 6.10 Å². The molecule has 0 heterocycles. The van der Waals surface area contributed by atoms with Crippen LogP contribution in [0.3, 0.4) is 0 Å². The third kappa shape index (κ3) is 4.52. The summed E-state index contributed by atoms with van der Waals surface area (Å²) >= 11 is 0. The Morgan fingerprint density at radius 2 is 1.96 bits per heavy atom. The number of ether oxygens (including phenoxy) is 1. The van der Waals surface area contributed by atoms with Gasteiger partial charge in [-0.1, -0.05) is 48.6 Å². The molecule has 0 amide bonds. The van der Waals surface area contributed by atoms with E-state index in [1.165, 1.54) is 30.4 Å². The first kappa shape index (κ1) is 17.8. The molecule has 1 aliphatic carbocycles. The van der Waals surface area contributed by atoms with Crippen molar-refractivity contribution >= 4 is 0 Å². The number of allylic oxidation sites excluding steroid dienone is 1. The van der Waals surface area contributed by atoms with Gasteiger partial charge in [-0.15, -0.1) is 0 Å². The number of hydrogen-bond donors (Lipinski definition) is 1. The molecule has 0 saturated heterocycles. The molecule has 1 N–H and O–H groups in total. The minimum Gasteiger partial charge on any atom is -0.496 e. The molecule has 2 atom stereocenters. The Morgan fingerprint density at radius 1 is 1.16 bits per heavy atom. The normalized spacial score (nSPS) is 18.8. The van der Waals surface area contributed by atoms with E-state index in [-0.39, 0.29) is 0 Å². The average molecular weight is 336 g/mol. The molecule has 2 aromatic carbocycles. The Kier molecular flexibility index (Phi) is 5.93. The van der Waals surface area contributed by atoms with Crippen molar-refractivity contribution in [1.29, 1.82) is 0 Å². The molecular weight excluding hydrogens is 308 g/mol. The lowest BCUT2D eigenvalue weighted by molar-refractivity contribution is 0.220. The minimum atomic E-state index is -0.597. The predicted molar refractivity (Wildman–Crippen MR) is 103 cm³/mol. The fraction of sp³-hybridized carbons (Fsp3) is 0.391. The minimum absolute atomic E-state index is 0.597. The number of hydrogen-bond acceptors (Lipinski definition) is 2. The summed E-state index contributed by atoms with van der Waals surface area (Å²) in [4.78, 5) is 0. The van der Waals surface area contributed by atoms with Gasteiger partial charge in [-0.3, -0.25) is 0 Å². The van der Waals surface area contributed by atoms with Crippen molar-refractivity contribution in [2.24, 2.45) is 5.92 Å². The van der Waals surface area contributed by atoms with E-state index in [2.05, 4.69) is 12.6 Å². The average Bonchev–Trinajstić information content (AvgIpc) is 2.66. The van der Waals surface area contributed by atoms with Gasteiger partial charge in [-0.2, -0.15) is 0 Å². The molecule has 2 aromatic rings. The Balaban J connectivity index is 1.74. The lowest BCUT2D eigenvalue weighted by Crippen LogP contribution is -2.09. The highest BCUT2D eigenvalue weighted by Crippen LogP contribution is 2.33. The Morgan fingerprint density at radius 3 is 2.68 bits per heavy atom. The maximum absolute atomic E-state index is 10.7. The molecule has 0 aliphatic heterocycles. The summed E-state index contributed by atoms with van der Waals surface area (Å²) in [7, 11) is 1.72. The van der Waals surface area contributed by atoms with Gasteiger partial charge in [-0.05, 0) is 73.3 Å². The number of aliphatic hydroxyl groups is 1. The molecular formula is C23H28O2. The zero-order chi connectivity index (χ0) is 17.6. The van der Waals surface area contributed by atoms with Crippen molar-refractivity contribution in [3.8, 4) is 5.75 Å². The van der Waals surface area contributed by atoms with Crippen LogP contribution in [0.15, 0.2) is 60.7 Å². The van der Waals surface area contributed by atoms with Gasteiger partial charge in [0, 0.05) is 0 Å². The highest BCUT2D eigenvalue weighted by atomic mass is 16.5. The van der Waals surface area contributed by atoms with Crippen LogP contribution < -0.4 is 4.74 Å². The van der Waals surface area contributed by atoms with Crippen LogP contribution in [0.5, 0.6) is 5.75 Å². The molecule has 1 aliphatic rings. The zero-order valence-electron chi connectivity index (χ0n) is 15.1. The molecule has 2 heteroatoms. The van der Waals surface area contributed by atoms with Crippen LogP contribution in [-0.4, -0.2) is 12.2 Å². The van der Waals surface area contributed by atoms with Gasteiger partial charge in [-0.25, -0.2) is 0 Å². The van der Waals surface area contributed by atoms with Crippen LogP contribution in [0.1, 0.15) is 54.9 Å². The lowest BCUT2D eigenvalue weighted by atomic mass is 9.82. The van der Waals surface area contributed by atoms with Crippen molar-refractivity contribution in [1.82, 2.24) is 0 Å². The van der Waals surface area contributed by atoms with Crippen molar-refractivity contribution < 1.29 is 9.84 Å². The number of benzene rings is 2. The van der Waals surface area contributed by atoms with Crippen molar-refractivity contribution in [2.75, 3.05) is 7.11 Å². The number of methoxy groups -OCH3 is 1. The topological polar surface area (TPSA) is 29.5 Å². The zero-order valence-corrected chi connectivity index (χ0v) is 15.1. The molecule has 1 fully saturated rings. The molecule has 2 nitrogen and oxygen atoms in total. The van der Waals surface area contributed by atoms with Gasteiger partial charge >= 0.3 is 0 Å². The first-order chi connectivity index (χ1) is 12.2. The van der Waals surface area contributed by atoms with Crippen LogP contribution in [0.4, 0.5) is 0 Å². The van der Waals surface area contributed by atoms with E-state index in [4.69, 9.17) is 4.74 Å². The van der Waals surface area contributed by atoms with E-state index >= 15 is 0 Å². The predicted octanol–water partition coefficient (Wildman–Crippen LogP) is 5.46. The Bertz CT molecular complexity index is 705. The van der Waals surface area contributed by atoms with Crippen LogP contribution >= 0.6 is 0 Å². The number of aryl methyl sites for hydroxylation is 1. The van der Waals surface area contributed by atoms with Gasteiger partial charge in [0.1, 0.15) is 11.9 Å². The summed E-state index contributed by atoms with van der Waals surface area (Å²) in [6.07, 6.45) is 6.46. The first-order valence-electron chi connectivity index (χ1n) is 9.24. The van der Waals surface area contributed by atoms with Crippen molar-refractivity contribution in [3.05, 3.63) is 77.4 Å². The fourth-order valence-corrected chi connectivity index (χ4v) is 3.85. The van der Waals surface area contributed by atoms with E-state index in [1.807, 2.05) is 42.5 Å². The van der Waals surface area contributed by atoms with Crippen molar-refractivity contribution in [2.45, 2.75) is 44.6 Å². The second-order valence-electron chi connectivity index (χ2n) is 7.14. The van der Waals surface area contributed by atoms with Gasteiger partial charge in [0.25, 0.3) is 0 Å². The van der Waals surface area contributed by atoms with Gasteiger partial charge in [0.05, 0.1) is 7.11 Å². The molecule has 0 bridgehead atoms. The summed E-state index contributed by atoms with van der Waals surface area (Å²) in [5.74, 6) is 1.65. The smallest absolute Gasteiger partial charge is 0.122 e. The molecule has 1 saturated carbocycles. The monoisotopic (exact) mass is 336 g/mol. The second kappa shape index (κ2) is 8.35. The molecule has 0 aromatic heterocycles. The van der Waals surface area contributed by atoms with Crippen LogP contribution in [0, 0.1) is 5.92 Å². The second-order valence-corrected chi connectivity index (χ2v) is 7.14. The van der Waals surface area contributed by atoms with E-state index in [0.717, 1.165) is 42.1 Å². The standard InChI is InChI=1S/C23H28O2/c1-17-7-6-8-18(15-17)11-12-20-16-21(13-14-22(20)25-2)23(24)19-9-4-3-5-10-19/h3-5,9-10,13-14,16,18,23-24H,1,6-8,11-12,15H2,2H3. The van der Waals surface area contributed by atoms with Crippen LogP contribution in [-0.2, 0) is 6.42 Å². The molecule has 0 spiro atoms. The summed E-state index contributed by atoms with van der Waals surface area (Å²) in [5.41, 5.74) is 4.43. The molecule has 0 radical (unpaired) electrons. The first-order valence-corrected chi connectivity index (χ1v) is 9.24. The van der Waals surface area contributed by atoms with Crippen LogP contribution in [0.2, 0.25) is 0 Å². The third-order valence-corrected chi connectivity index (χ3v) is 5.28. The fourth-order valence-electron chi connectivity index (χ4n) is 3.85. The van der Waals surface area contributed by atoms with Crippen LogP contribution in [0.25, 0.3) is 0 Å². The maximum atomic E-state index is 10.7. The Hall–Kier alpha value is -2.06. The number of aliphatic hydroxyl groups excluding tert-OH is 1. The van der Waals surface area contributed by atoms with Crippen molar-refractivity contribution in [3.63, 3.8) is 0 Å². The summed E-state index contributed by atoms with van der Waals surface area (Å²) < 4.78 is 5.55. The largest absolute Gasteiger partial charge is 0.496 e. The Labute approximate surface area is 151 Å². The van der Waals surface area contributed by atoms with E-state index in [9.17, 15) is 5.11 Å². The highest BCUT2D eigenvalue weighted by molar-refractivity contribution is 5.40. The van der Waals surface area contributed by atoms with E-state index in [1.54, 1.807) is 7.11 Å². The summed E-state index contributed by atoms with van der Waals surface area (Å²) in [6.45, 7) is 4.17. The van der Waals surface area contributed by atoms with Gasteiger partial charge in [0.15, 0.2) is 0 Å². The maximum Gasteiger partial charge on any atom is 0.122 e. The lowest BCUT2D eigenvalue weighted by Gasteiger charge is -2.24. The molecule has 2 unspecified atom stereocenters. The molecule has 132 valence electrons. The van der Waals surface area contributed by atoms with Gasteiger partial charge in [0.2, 0.25) is 0 Å². The number of rotatable bonds is 6. The summed E-state index contributed by atoms with van der Waals surface area (Å²) in [5, 5.41) is 10.7.